The average Bonchev–Trinajstić information content (AvgIpc) is 2.50. The molecule has 20 heavy (non-hydrogen) atoms. The van der Waals surface area contributed by atoms with E-state index in [9.17, 15) is 0 Å². The van der Waals surface area contributed by atoms with Crippen molar-refractivity contribution in [3.63, 3.8) is 0 Å². The molecule has 2 nitrogen and oxygen atoms in total. The van der Waals surface area contributed by atoms with Crippen molar-refractivity contribution in [2.75, 3.05) is 11.9 Å². The van der Waals surface area contributed by atoms with E-state index in [0.717, 1.165) is 24.2 Å². The van der Waals surface area contributed by atoms with Crippen molar-refractivity contribution in [3.05, 3.63) is 65.7 Å². The van der Waals surface area contributed by atoms with Crippen molar-refractivity contribution in [2.45, 2.75) is 25.7 Å². The summed E-state index contributed by atoms with van der Waals surface area (Å²) in [6.07, 6.45) is 1.58. The quantitative estimate of drug-likeness (QED) is 0.841. The zero-order valence-electron chi connectivity index (χ0n) is 11.8. The molecule has 0 fully saturated rings. The first-order valence-electron chi connectivity index (χ1n) is 7.04. The predicted octanol–water partition coefficient (Wildman–Crippen LogP) is 4.36. The van der Waals surface area contributed by atoms with E-state index in [-0.39, 0.29) is 0 Å². The Kier molecular flexibility index (Phi) is 5.20. The highest BCUT2D eigenvalue weighted by molar-refractivity contribution is 5.45. The van der Waals surface area contributed by atoms with E-state index in [0.29, 0.717) is 12.3 Å². The van der Waals surface area contributed by atoms with Crippen LogP contribution in [0.4, 0.5) is 5.69 Å². The van der Waals surface area contributed by atoms with Gasteiger partial charge in [-0.25, -0.2) is 0 Å². The molecule has 0 aromatic heterocycles. The number of nitrogens with one attached hydrogen (secondary N) is 1. The van der Waals surface area contributed by atoms with Crippen LogP contribution in [0, 0.1) is 11.3 Å². The monoisotopic (exact) mass is 264 g/mol. The van der Waals surface area contributed by atoms with E-state index in [1.165, 1.54) is 5.56 Å². The first-order chi connectivity index (χ1) is 9.79. The summed E-state index contributed by atoms with van der Waals surface area (Å²) in [4.78, 5) is 0. The van der Waals surface area contributed by atoms with Crippen LogP contribution in [-0.4, -0.2) is 6.54 Å². The number of rotatable bonds is 6. The lowest BCUT2D eigenvalue weighted by Crippen LogP contribution is -2.05. The third kappa shape index (κ3) is 4.13. The van der Waals surface area contributed by atoms with Crippen molar-refractivity contribution >= 4 is 5.69 Å². The SMILES string of the molecule is CC(CCNc1ccc(CC#N)cc1)c1ccccc1. The van der Waals surface area contributed by atoms with Crippen LogP contribution in [0.15, 0.2) is 54.6 Å². The fourth-order valence-corrected chi connectivity index (χ4v) is 2.21. The molecular weight excluding hydrogens is 244 g/mol. The maximum absolute atomic E-state index is 8.63. The van der Waals surface area contributed by atoms with Crippen LogP contribution in [0.2, 0.25) is 0 Å². The summed E-state index contributed by atoms with van der Waals surface area (Å²) >= 11 is 0. The fraction of sp³-hybridized carbons (Fsp3) is 0.278. The van der Waals surface area contributed by atoms with Gasteiger partial charge in [-0.3, -0.25) is 0 Å². The molecule has 1 N–H and O–H groups in total. The summed E-state index contributed by atoms with van der Waals surface area (Å²) in [7, 11) is 0. The molecule has 0 saturated heterocycles. The van der Waals surface area contributed by atoms with Gasteiger partial charge in [-0.2, -0.15) is 5.26 Å². The highest BCUT2D eigenvalue weighted by Crippen LogP contribution is 2.18. The van der Waals surface area contributed by atoms with Crippen LogP contribution < -0.4 is 5.32 Å². The summed E-state index contributed by atoms with van der Waals surface area (Å²) in [6, 6.07) is 20.9. The van der Waals surface area contributed by atoms with Crippen LogP contribution in [0.1, 0.15) is 30.4 Å². The minimum absolute atomic E-state index is 0.478. The van der Waals surface area contributed by atoms with E-state index in [2.05, 4.69) is 48.6 Å². The van der Waals surface area contributed by atoms with Gasteiger partial charge in [0.25, 0.3) is 0 Å². The average molecular weight is 264 g/mol. The molecule has 0 saturated carbocycles. The molecule has 0 aliphatic rings. The second-order valence-electron chi connectivity index (χ2n) is 5.06. The number of hydrogen-bond donors (Lipinski definition) is 1. The van der Waals surface area contributed by atoms with Gasteiger partial charge in [0.2, 0.25) is 0 Å². The number of nitrogens with zero attached hydrogens (tertiary/aromatic N) is 1. The van der Waals surface area contributed by atoms with Crippen LogP contribution in [-0.2, 0) is 6.42 Å². The molecule has 0 spiro atoms. The molecule has 2 aromatic carbocycles. The number of benzene rings is 2. The molecule has 0 aliphatic heterocycles. The van der Waals surface area contributed by atoms with E-state index < -0.39 is 0 Å². The molecule has 2 heteroatoms. The summed E-state index contributed by atoms with van der Waals surface area (Å²) in [5, 5.41) is 12.1. The molecule has 1 unspecified atom stereocenters. The van der Waals surface area contributed by atoms with Crippen LogP contribution in [0.5, 0.6) is 0 Å². The van der Waals surface area contributed by atoms with Gasteiger partial charge in [-0.1, -0.05) is 49.4 Å². The van der Waals surface area contributed by atoms with Crippen molar-refractivity contribution in [3.8, 4) is 6.07 Å². The van der Waals surface area contributed by atoms with Crippen molar-refractivity contribution in [1.82, 2.24) is 0 Å². The lowest BCUT2D eigenvalue weighted by molar-refractivity contribution is 0.706. The molecule has 0 bridgehead atoms. The first-order valence-corrected chi connectivity index (χ1v) is 7.04. The number of nitriles is 1. The third-order valence-electron chi connectivity index (χ3n) is 3.51. The van der Waals surface area contributed by atoms with E-state index >= 15 is 0 Å². The molecule has 0 radical (unpaired) electrons. The molecule has 102 valence electrons. The van der Waals surface area contributed by atoms with E-state index in [4.69, 9.17) is 5.26 Å². The lowest BCUT2D eigenvalue weighted by Gasteiger charge is -2.13. The van der Waals surface area contributed by atoms with Gasteiger partial charge in [-0.15, -0.1) is 0 Å². The maximum Gasteiger partial charge on any atom is 0.0669 e. The Morgan fingerprint density at radius 1 is 1.05 bits per heavy atom. The van der Waals surface area contributed by atoms with Gasteiger partial charge in [0.15, 0.2) is 0 Å². The Morgan fingerprint density at radius 3 is 2.40 bits per heavy atom. The summed E-state index contributed by atoms with van der Waals surface area (Å²) in [5.74, 6) is 0.557. The minimum Gasteiger partial charge on any atom is -0.385 e. The zero-order chi connectivity index (χ0) is 14.2. The normalized spacial score (nSPS) is 11.6. The van der Waals surface area contributed by atoms with Crippen molar-refractivity contribution in [1.29, 1.82) is 5.26 Å². The topological polar surface area (TPSA) is 35.8 Å². The molecule has 0 heterocycles. The molecule has 1 atom stereocenters. The van der Waals surface area contributed by atoms with Gasteiger partial charge in [-0.05, 0) is 35.6 Å². The van der Waals surface area contributed by atoms with Gasteiger partial charge in [0, 0.05) is 12.2 Å². The summed E-state index contributed by atoms with van der Waals surface area (Å²) in [5.41, 5.74) is 3.57. The largest absolute Gasteiger partial charge is 0.385 e. The van der Waals surface area contributed by atoms with Gasteiger partial charge in [0.05, 0.1) is 12.5 Å². The standard InChI is InChI=1S/C18H20N2/c1-15(17-5-3-2-4-6-17)12-14-20-18-9-7-16(8-10-18)11-13-19/h2-10,15,20H,11-12,14H2,1H3. The van der Waals surface area contributed by atoms with E-state index in [1.807, 2.05) is 24.3 Å². The Hall–Kier alpha value is -2.27. The van der Waals surface area contributed by atoms with E-state index in [1.54, 1.807) is 0 Å². The molecular formula is C18H20N2. The highest BCUT2D eigenvalue weighted by Gasteiger charge is 2.04. The Bertz CT molecular complexity index is 552. The molecule has 0 amide bonds. The van der Waals surface area contributed by atoms with Gasteiger partial charge in [0.1, 0.15) is 0 Å². The Labute approximate surface area is 121 Å². The fourth-order valence-electron chi connectivity index (χ4n) is 2.21. The minimum atomic E-state index is 0.478. The predicted molar refractivity (Wildman–Crippen MR) is 83.7 cm³/mol. The summed E-state index contributed by atoms with van der Waals surface area (Å²) in [6.45, 7) is 3.21. The lowest BCUT2D eigenvalue weighted by atomic mass is 9.98. The molecule has 0 aliphatic carbocycles. The smallest absolute Gasteiger partial charge is 0.0669 e. The second kappa shape index (κ2) is 7.35. The van der Waals surface area contributed by atoms with Crippen molar-refractivity contribution < 1.29 is 0 Å². The molecule has 2 rings (SSSR count). The Morgan fingerprint density at radius 2 is 1.75 bits per heavy atom. The van der Waals surface area contributed by atoms with Gasteiger partial charge < -0.3 is 5.32 Å². The van der Waals surface area contributed by atoms with Crippen LogP contribution in [0.25, 0.3) is 0 Å². The number of anilines is 1. The zero-order valence-corrected chi connectivity index (χ0v) is 11.8. The van der Waals surface area contributed by atoms with Crippen LogP contribution >= 0.6 is 0 Å². The first kappa shape index (κ1) is 14.1. The summed E-state index contributed by atoms with van der Waals surface area (Å²) < 4.78 is 0. The third-order valence-corrected chi connectivity index (χ3v) is 3.51. The maximum atomic E-state index is 8.63. The Balaban J connectivity index is 1.80. The van der Waals surface area contributed by atoms with Crippen LogP contribution in [0.3, 0.4) is 0 Å². The van der Waals surface area contributed by atoms with Gasteiger partial charge >= 0.3 is 0 Å². The molecule has 2 aromatic rings. The second-order valence-corrected chi connectivity index (χ2v) is 5.06. The number of hydrogen-bond acceptors (Lipinski definition) is 2. The highest BCUT2D eigenvalue weighted by atomic mass is 14.9. The van der Waals surface area contributed by atoms with Crippen molar-refractivity contribution in [2.24, 2.45) is 0 Å².